The Hall–Kier alpha value is -3.77. The average molecular weight is 464 g/mol. The van der Waals surface area contributed by atoms with E-state index in [1.54, 1.807) is 24.3 Å². The average Bonchev–Trinajstić information content (AvgIpc) is 2.83. The molecule has 2 atom stereocenters. The molecule has 1 fully saturated rings. The van der Waals surface area contributed by atoms with Crippen LogP contribution in [0.25, 0.3) is 11.0 Å². The van der Waals surface area contributed by atoms with Gasteiger partial charge < -0.3 is 20.1 Å². The predicted octanol–water partition coefficient (Wildman–Crippen LogP) is 4.25. The van der Waals surface area contributed by atoms with Crippen LogP contribution in [0, 0.1) is 18.3 Å². The first kappa shape index (κ1) is 23.4. The van der Waals surface area contributed by atoms with Gasteiger partial charge in [0, 0.05) is 30.8 Å². The Morgan fingerprint density at radius 1 is 1.38 bits per heavy atom. The number of anilines is 2. The molecule has 3 aromatic rings. The van der Waals surface area contributed by atoms with E-state index < -0.39 is 12.6 Å². The van der Waals surface area contributed by atoms with Crippen LogP contribution in [0.3, 0.4) is 0 Å². The summed E-state index contributed by atoms with van der Waals surface area (Å²) in [6, 6.07) is 12.5. The third-order valence-electron chi connectivity index (χ3n) is 5.90. The van der Waals surface area contributed by atoms with Gasteiger partial charge in [0.05, 0.1) is 42.0 Å². The molecule has 0 radical (unpaired) electrons. The molecule has 1 aliphatic heterocycles. The first-order valence-corrected chi connectivity index (χ1v) is 11.1. The lowest BCUT2D eigenvalue weighted by Crippen LogP contribution is -2.43. The number of hydrogen-bond acceptors (Lipinski definition) is 7. The molecule has 1 saturated heterocycles. The molecule has 1 unspecified atom stereocenters. The maximum absolute atomic E-state index is 12.9. The van der Waals surface area contributed by atoms with Gasteiger partial charge in [-0.2, -0.15) is 5.26 Å². The molecule has 1 aromatic heterocycles. The second kappa shape index (κ2) is 10.0. The highest BCUT2D eigenvalue weighted by Gasteiger charge is 2.25. The maximum Gasteiger partial charge on any atom is 0.337 e. The van der Waals surface area contributed by atoms with Crippen LogP contribution in [0.5, 0.6) is 0 Å². The van der Waals surface area contributed by atoms with Crippen molar-refractivity contribution in [1.29, 1.82) is 5.26 Å². The number of halogens is 1. The zero-order chi connectivity index (χ0) is 24.2. The van der Waals surface area contributed by atoms with Gasteiger partial charge in [0.1, 0.15) is 6.07 Å². The number of alkyl halides is 1. The molecular weight excluding hydrogens is 437 g/mol. The molecule has 0 spiro atoms. The number of carboxylic acid groups (broad SMARTS) is 1. The lowest BCUT2D eigenvalue weighted by molar-refractivity contribution is 0.0310. The Bertz CT molecular complexity index is 1260. The summed E-state index contributed by atoms with van der Waals surface area (Å²) >= 11 is 0. The number of aryl methyl sites for hydroxylation is 1. The smallest absolute Gasteiger partial charge is 0.337 e. The number of nitrogens with zero attached hydrogens (tertiary/aromatic N) is 4. The summed E-state index contributed by atoms with van der Waals surface area (Å²) in [6.07, 6.45) is 0.0155. The highest BCUT2D eigenvalue weighted by Crippen LogP contribution is 2.31. The van der Waals surface area contributed by atoms with E-state index in [0.29, 0.717) is 42.2 Å². The molecule has 34 heavy (non-hydrogen) atoms. The topological polar surface area (TPSA) is 111 Å². The fourth-order valence-electron chi connectivity index (χ4n) is 4.26. The molecule has 0 bridgehead atoms. The number of para-hydroxylation sites is 1. The fraction of sp³-hybridized carbons (Fsp3) is 0.360. The van der Waals surface area contributed by atoms with Crippen molar-refractivity contribution in [2.24, 2.45) is 0 Å². The number of carboxylic acids is 1. The van der Waals surface area contributed by atoms with Crippen molar-refractivity contribution in [3.05, 3.63) is 58.8 Å². The monoisotopic (exact) mass is 463 g/mol. The van der Waals surface area contributed by atoms with Crippen molar-refractivity contribution in [2.45, 2.75) is 32.4 Å². The van der Waals surface area contributed by atoms with Crippen LogP contribution in [0.2, 0.25) is 0 Å². The number of benzene rings is 2. The molecule has 9 heteroatoms. The third kappa shape index (κ3) is 4.77. The van der Waals surface area contributed by atoms with Gasteiger partial charge in [0.15, 0.2) is 11.5 Å². The van der Waals surface area contributed by atoms with E-state index in [-0.39, 0.29) is 29.8 Å². The Morgan fingerprint density at radius 3 is 2.91 bits per heavy atom. The quantitative estimate of drug-likeness (QED) is 0.535. The lowest BCUT2D eigenvalue weighted by atomic mass is 10.0. The Kier molecular flexibility index (Phi) is 6.89. The number of nitriles is 1. The van der Waals surface area contributed by atoms with Crippen LogP contribution in [0.15, 0.2) is 36.4 Å². The highest BCUT2D eigenvalue weighted by molar-refractivity contribution is 5.94. The summed E-state index contributed by atoms with van der Waals surface area (Å²) in [5.41, 5.74) is 3.88. The zero-order valence-corrected chi connectivity index (χ0v) is 19.1. The van der Waals surface area contributed by atoms with Gasteiger partial charge in [-0.15, -0.1) is 0 Å². The van der Waals surface area contributed by atoms with E-state index in [2.05, 4.69) is 16.4 Å². The number of aromatic nitrogens is 2. The molecule has 0 aliphatic carbocycles. The highest BCUT2D eigenvalue weighted by atomic mass is 19.1. The van der Waals surface area contributed by atoms with Gasteiger partial charge in [-0.25, -0.2) is 14.8 Å². The number of fused-ring (bicyclic) bond motifs is 1. The minimum Gasteiger partial charge on any atom is -0.478 e. The molecule has 0 amide bonds. The van der Waals surface area contributed by atoms with Crippen LogP contribution >= 0.6 is 0 Å². The minimum atomic E-state index is -1.01. The van der Waals surface area contributed by atoms with Crippen LogP contribution in [0.1, 0.15) is 46.6 Å². The molecule has 2 N–H and O–H groups in total. The van der Waals surface area contributed by atoms with Crippen LogP contribution in [-0.4, -0.2) is 53.5 Å². The van der Waals surface area contributed by atoms with Gasteiger partial charge in [-0.3, -0.25) is 4.39 Å². The summed E-state index contributed by atoms with van der Waals surface area (Å²) in [5, 5.41) is 22.6. The normalized spacial score (nSPS) is 16.8. The Labute approximate surface area is 197 Å². The van der Waals surface area contributed by atoms with Gasteiger partial charge in [-0.05, 0) is 37.6 Å². The van der Waals surface area contributed by atoms with Crippen molar-refractivity contribution < 1.29 is 19.0 Å². The lowest BCUT2D eigenvalue weighted by Gasteiger charge is -2.33. The molecule has 0 saturated carbocycles. The molecule has 1 aliphatic rings. The zero-order valence-electron chi connectivity index (χ0n) is 19.1. The number of morpholine rings is 1. The van der Waals surface area contributed by atoms with Crippen LogP contribution in [0.4, 0.5) is 15.9 Å². The van der Waals surface area contributed by atoms with E-state index in [4.69, 9.17) is 9.72 Å². The summed E-state index contributed by atoms with van der Waals surface area (Å²) in [5.74, 6) is -0.564. The number of aromatic carboxylic acids is 1. The Balaban J connectivity index is 1.76. The number of hydrogen-bond donors (Lipinski definition) is 2. The molecule has 2 aromatic carbocycles. The van der Waals surface area contributed by atoms with Crippen molar-refractivity contribution in [1.82, 2.24) is 9.97 Å². The van der Waals surface area contributed by atoms with E-state index in [9.17, 15) is 19.6 Å². The molecule has 176 valence electrons. The first-order chi connectivity index (χ1) is 16.4. The minimum absolute atomic E-state index is 0.178. The first-order valence-electron chi connectivity index (χ1n) is 11.1. The summed E-state index contributed by atoms with van der Waals surface area (Å²) in [7, 11) is 0. The van der Waals surface area contributed by atoms with Crippen LogP contribution < -0.4 is 10.2 Å². The molecule has 4 rings (SSSR count). The van der Waals surface area contributed by atoms with Crippen LogP contribution in [-0.2, 0) is 4.74 Å². The van der Waals surface area contributed by atoms with E-state index in [1.807, 2.05) is 30.9 Å². The number of nitrogens with one attached hydrogen (secondary N) is 1. The second-order valence-corrected chi connectivity index (χ2v) is 8.36. The van der Waals surface area contributed by atoms with Crippen molar-refractivity contribution in [3.8, 4) is 6.07 Å². The van der Waals surface area contributed by atoms with E-state index in [0.717, 1.165) is 11.1 Å². The predicted molar refractivity (Wildman–Crippen MR) is 127 cm³/mol. The van der Waals surface area contributed by atoms with Gasteiger partial charge >= 0.3 is 5.97 Å². The maximum atomic E-state index is 12.9. The van der Waals surface area contributed by atoms with Crippen molar-refractivity contribution in [3.63, 3.8) is 0 Å². The second-order valence-electron chi connectivity index (χ2n) is 8.36. The molecule has 8 nitrogen and oxygen atoms in total. The van der Waals surface area contributed by atoms with Crippen molar-refractivity contribution >= 4 is 28.5 Å². The molecule has 2 heterocycles. The fourth-order valence-corrected chi connectivity index (χ4v) is 4.26. The van der Waals surface area contributed by atoms with Gasteiger partial charge in [0.25, 0.3) is 0 Å². The summed E-state index contributed by atoms with van der Waals surface area (Å²) in [4.78, 5) is 23.0. The molecular formula is C25H26FN5O3. The number of ether oxygens (including phenoxy) is 1. The number of rotatable bonds is 7. The van der Waals surface area contributed by atoms with Gasteiger partial charge in [-0.1, -0.05) is 18.2 Å². The summed E-state index contributed by atoms with van der Waals surface area (Å²) in [6.45, 7) is 4.76. The third-order valence-corrected chi connectivity index (χ3v) is 5.90. The number of carbonyl (C=O) groups is 1. The van der Waals surface area contributed by atoms with E-state index in [1.165, 1.54) is 0 Å². The van der Waals surface area contributed by atoms with Gasteiger partial charge in [0.2, 0.25) is 0 Å². The Morgan fingerprint density at radius 2 is 2.18 bits per heavy atom. The summed E-state index contributed by atoms with van der Waals surface area (Å²) < 4.78 is 18.5. The SMILES string of the molecule is Cc1cc([C@@H](C)Nc2ccccc2C(=O)O)c2nc(N3CCOC(CCF)C3)c(C#N)nc2c1. The van der Waals surface area contributed by atoms with E-state index >= 15 is 0 Å². The van der Waals surface area contributed by atoms with Crippen molar-refractivity contribution in [2.75, 3.05) is 36.6 Å². The standard InChI is InChI=1S/C25H26FN5O3/c1-15-11-19(16(2)28-20-6-4-3-5-18(20)25(32)33)23-21(12-15)29-22(13-27)24(30-23)31-9-10-34-17(14-31)7-8-26/h3-6,11-12,16-17,28H,7-10,14H2,1-2H3,(H,32,33)/t16-,17?/m1/s1. The largest absolute Gasteiger partial charge is 0.478 e.